The van der Waals surface area contributed by atoms with Crippen LogP contribution in [0.25, 0.3) is 0 Å². The van der Waals surface area contributed by atoms with Gasteiger partial charge in [-0.1, -0.05) is 37.3 Å². The quantitative estimate of drug-likeness (QED) is 0.852. The molecule has 2 aromatic rings. The van der Waals surface area contributed by atoms with Gasteiger partial charge in [-0.05, 0) is 18.2 Å². The van der Waals surface area contributed by atoms with Crippen molar-refractivity contribution in [3.8, 4) is 0 Å². The number of nitrogens with zero attached hydrogens (tertiary/aromatic N) is 2. The van der Waals surface area contributed by atoms with Crippen LogP contribution in [0.4, 0.5) is 4.39 Å². The zero-order valence-electron chi connectivity index (χ0n) is 13.3. The number of carbonyl (C=O) groups excluding carboxylic acids is 2. The zero-order chi connectivity index (χ0) is 16.9. The van der Waals surface area contributed by atoms with Crippen molar-refractivity contribution in [1.29, 1.82) is 0 Å². The van der Waals surface area contributed by atoms with Crippen LogP contribution in [-0.4, -0.2) is 34.7 Å². The molecule has 1 atom stereocenters. The van der Waals surface area contributed by atoms with Crippen LogP contribution < -0.4 is 0 Å². The summed E-state index contributed by atoms with van der Waals surface area (Å²) in [6.45, 7) is 2.76. The first-order valence-corrected chi connectivity index (χ1v) is 8.08. The maximum absolute atomic E-state index is 13.4. The molecule has 0 aromatic heterocycles. The van der Waals surface area contributed by atoms with E-state index >= 15 is 0 Å². The van der Waals surface area contributed by atoms with E-state index in [0.717, 1.165) is 11.1 Å². The molecule has 24 heavy (non-hydrogen) atoms. The third kappa shape index (κ3) is 1.72. The summed E-state index contributed by atoms with van der Waals surface area (Å²) in [5.74, 6) is -0.446. The topological polar surface area (TPSA) is 40.6 Å². The van der Waals surface area contributed by atoms with Crippen molar-refractivity contribution in [3.05, 3.63) is 71.0 Å². The smallest absolute Gasteiger partial charge is 0.256 e. The molecule has 2 amide bonds. The number of carbonyl (C=O) groups is 2. The zero-order valence-corrected chi connectivity index (χ0v) is 13.3. The van der Waals surface area contributed by atoms with E-state index in [1.807, 2.05) is 25.1 Å². The highest BCUT2D eigenvalue weighted by atomic mass is 19.1. The molecule has 0 aliphatic carbocycles. The molecule has 5 heteroatoms. The van der Waals surface area contributed by atoms with E-state index < -0.39 is 5.66 Å². The van der Waals surface area contributed by atoms with Gasteiger partial charge in [-0.25, -0.2) is 4.39 Å². The van der Waals surface area contributed by atoms with E-state index in [1.165, 1.54) is 12.1 Å². The second-order valence-corrected chi connectivity index (χ2v) is 6.08. The lowest BCUT2D eigenvalue weighted by molar-refractivity contribution is -0.136. The van der Waals surface area contributed by atoms with Crippen molar-refractivity contribution >= 4 is 11.8 Å². The lowest BCUT2D eigenvalue weighted by Crippen LogP contribution is -2.51. The van der Waals surface area contributed by atoms with Gasteiger partial charge in [0.15, 0.2) is 5.66 Å². The third-order valence-corrected chi connectivity index (χ3v) is 4.96. The molecular formula is C19H17FN2O2. The molecule has 122 valence electrons. The van der Waals surface area contributed by atoms with Crippen LogP contribution in [-0.2, 0) is 10.5 Å². The summed E-state index contributed by atoms with van der Waals surface area (Å²) >= 11 is 0. The normalized spacial score (nSPS) is 21.8. The molecule has 1 fully saturated rings. The van der Waals surface area contributed by atoms with Crippen molar-refractivity contribution < 1.29 is 14.0 Å². The number of benzene rings is 2. The first kappa shape index (κ1) is 14.9. The Hall–Kier alpha value is -2.69. The van der Waals surface area contributed by atoms with Crippen LogP contribution in [0, 0.1) is 5.82 Å². The maximum Gasteiger partial charge on any atom is 0.256 e. The fourth-order valence-electron chi connectivity index (χ4n) is 3.97. The lowest BCUT2D eigenvalue weighted by atomic mass is 9.89. The highest BCUT2D eigenvalue weighted by Gasteiger charge is 2.59. The second kappa shape index (κ2) is 5.16. The summed E-state index contributed by atoms with van der Waals surface area (Å²) < 4.78 is 13.4. The molecular weight excluding hydrogens is 307 g/mol. The van der Waals surface area contributed by atoms with Gasteiger partial charge < -0.3 is 9.80 Å². The summed E-state index contributed by atoms with van der Waals surface area (Å²) in [7, 11) is 0. The molecule has 1 saturated heterocycles. The van der Waals surface area contributed by atoms with Crippen LogP contribution in [0.15, 0.2) is 48.5 Å². The molecule has 2 aromatic carbocycles. The summed E-state index contributed by atoms with van der Waals surface area (Å²) in [6, 6.07) is 13.4. The summed E-state index contributed by atoms with van der Waals surface area (Å²) in [5, 5.41) is 0. The first-order chi connectivity index (χ1) is 11.6. The van der Waals surface area contributed by atoms with E-state index in [-0.39, 0.29) is 17.6 Å². The SMILES string of the molecule is CCC(=O)N1CCN2C(=O)c3ccccc3C12c1ccc(F)cc1. The maximum atomic E-state index is 13.4. The van der Waals surface area contributed by atoms with Crippen molar-refractivity contribution in [1.82, 2.24) is 9.80 Å². The Morgan fingerprint density at radius 1 is 1.12 bits per heavy atom. The Balaban J connectivity index is 2.02. The minimum atomic E-state index is -0.964. The van der Waals surface area contributed by atoms with Crippen LogP contribution in [0.3, 0.4) is 0 Å². The third-order valence-electron chi connectivity index (χ3n) is 4.96. The summed E-state index contributed by atoms with van der Waals surface area (Å²) in [4.78, 5) is 29.0. The molecule has 0 N–H and O–H groups in total. The van der Waals surface area contributed by atoms with Crippen LogP contribution in [0.1, 0.15) is 34.8 Å². The van der Waals surface area contributed by atoms with E-state index in [0.29, 0.717) is 25.1 Å². The number of hydrogen-bond donors (Lipinski definition) is 0. The van der Waals surface area contributed by atoms with Gasteiger partial charge in [0.2, 0.25) is 5.91 Å². The number of halogens is 1. The predicted molar refractivity (Wildman–Crippen MR) is 86.7 cm³/mol. The molecule has 0 radical (unpaired) electrons. The molecule has 2 heterocycles. The van der Waals surface area contributed by atoms with Crippen LogP contribution >= 0.6 is 0 Å². The standard InChI is InChI=1S/C19H17FN2O2/c1-2-17(23)21-11-12-22-18(24)15-5-3-4-6-16(15)19(21,22)13-7-9-14(20)10-8-13/h3-10H,2,11-12H2,1H3. The average Bonchev–Trinajstić information content (AvgIpc) is 3.11. The van der Waals surface area contributed by atoms with E-state index in [1.54, 1.807) is 28.0 Å². The van der Waals surface area contributed by atoms with Crippen molar-refractivity contribution in [2.75, 3.05) is 13.1 Å². The van der Waals surface area contributed by atoms with Gasteiger partial charge in [-0.2, -0.15) is 0 Å². The number of rotatable bonds is 2. The molecule has 4 rings (SSSR count). The molecule has 4 nitrogen and oxygen atoms in total. The van der Waals surface area contributed by atoms with E-state index in [2.05, 4.69) is 0 Å². The number of fused-ring (bicyclic) bond motifs is 3. The molecule has 1 unspecified atom stereocenters. The molecule has 0 bridgehead atoms. The van der Waals surface area contributed by atoms with E-state index in [9.17, 15) is 14.0 Å². The highest BCUT2D eigenvalue weighted by molar-refractivity contribution is 6.02. The minimum Gasteiger partial charge on any atom is -0.310 e. The molecule has 2 aliphatic rings. The van der Waals surface area contributed by atoms with Crippen LogP contribution in [0.2, 0.25) is 0 Å². The van der Waals surface area contributed by atoms with Gasteiger partial charge in [-0.3, -0.25) is 9.59 Å². The Morgan fingerprint density at radius 3 is 2.54 bits per heavy atom. The first-order valence-electron chi connectivity index (χ1n) is 8.08. The molecule has 0 spiro atoms. The Morgan fingerprint density at radius 2 is 1.83 bits per heavy atom. The van der Waals surface area contributed by atoms with Gasteiger partial charge in [-0.15, -0.1) is 0 Å². The van der Waals surface area contributed by atoms with Gasteiger partial charge >= 0.3 is 0 Å². The van der Waals surface area contributed by atoms with Gasteiger partial charge in [0.1, 0.15) is 5.82 Å². The fraction of sp³-hybridized carbons (Fsp3) is 0.263. The monoisotopic (exact) mass is 324 g/mol. The van der Waals surface area contributed by atoms with Crippen molar-refractivity contribution in [2.45, 2.75) is 19.0 Å². The number of hydrogen-bond acceptors (Lipinski definition) is 2. The number of amides is 2. The minimum absolute atomic E-state index is 0.0219. The Bertz CT molecular complexity index is 834. The largest absolute Gasteiger partial charge is 0.310 e. The van der Waals surface area contributed by atoms with E-state index in [4.69, 9.17) is 0 Å². The second-order valence-electron chi connectivity index (χ2n) is 6.08. The summed E-state index contributed by atoms with van der Waals surface area (Å²) in [6.07, 6.45) is 0.354. The van der Waals surface area contributed by atoms with Gasteiger partial charge in [0.25, 0.3) is 5.91 Å². The molecule has 2 aliphatic heterocycles. The fourth-order valence-corrected chi connectivity index (χ4v) is 3.97. The highest BCUT2D eigenvalue weighted by Crippen LogP contribution is 2.49. The van der Waals surface area contributed by atoms with Gasteiger partial charge in [0, 0.05) is 36.2 Å². The molecule has 0 saturated carbocycles. The van der Waals surface area contributed by atoms with Gasteiger partial charge in [0.05, 0.1) is 0 Å². The Labute approximate surface area is 139 Å². The summed E-state index contributed by atoms with van der Waals surface area (Å²) in [5.41, 5.74) is 1.17. The van der Waals surface area contributed by atoms with Crippen molar-refractivity contribution in [3.63, 3.8) is 0 Å². The Kier molecular flexibility index (Phi) is 3.20. The van der Waals surface area contributed by atoms with Crippen molar-refractivity contribution in [2.24, 2.45) is 0 Å². The lowest BCUT2D eigenvalue weighted by Gasteiger charge is -2.40. The van der Waals surface area contributed by atoms with Crippen LogP contribution in [0.5, 0.6) is 0 Å². The average molecular weight is 324 g/mol. The predicted octanol–water partition coefficient (Wildman–Crippen LogP) is 2.73.